The number of thiophene rings is 1. The van der Waals surface area contributed by atoms with Crippen molar-refractivity contribution in [2.45, 2.75) is 12.1 Å². The maximum absolute atomic E-state index is 6.29. The second-order valence-electron chi connectivity index (χ2n) is 7.41. The Hall–Kier alpha value is -3.13. The first-order valence-corrected chi connectivity index (χ1v) is 11.9. The molecule has 3 heterocycles. The second kappa shape index (κ2) is 9.39. The standard InChI is InChI=1S/C25H20ClN3O2S2/c1-30-17-9-11-19(12-10-17)31-18-7-5-16(6-8-18)29-24(21-13-14-22(26)33-21)23(28-25(29)32)20-4-2-3-15-27-20/h2-15,23-24H,1H3,(H,28,32)/t23-,24-/m1/s1. The molecule has 0 radical (unpaired) electrons. The summed E-state index contributed by atoms with van der Waals surface area (Å²) in [7, 11) is 1.64. The minimum atomic E-state index is -0.0938. The van der Waals surface area contributed by atoms with Crippen LogP contribution in [0.15, 0.2) is 85.1 Å². The molecule has 1 fully saturated rings. The van der Waals surface area contributed by atoms with Crippen LogP contribution < -0.4 is 19.7 Å². The van der Waals surface area contributed by atoms with Crippen LogP contribution in [0.1, 0.15) is 22.7 Å². The predicted molar refractivity (Wildman–Crippen MR) is 137 cm³/mol. The Balaban J connectivity index is 1.44. The molecule has 2 atom stereocenters. The summed E-state index contributed by atoms with van der Waals surface area (Å²) in [6.07, 6.45) is 1.80. The summed E-state index contributed by atoms with van der Waals surface area (Å²) in [5, 5.41) is 4.10. The van der Waals surface area contributed by atoms with Gasteiger partial charge in [-0.25, -0.2) is 0 Å². The molecule has 8 heteroatoms. The van der Waals surface area contributed by atoms with Crippen molar-refractivity contribution in [3.8, 4) is 17.2 Å². The molecule has 5 rings (SSSR count). The number of benzene rings is 2. The van der Waals surface area contributed by atoms with Crippen molar-refractivity contribution in [3.05, 3.63) is 100.0 Å². The zero-order valence-electron chi connectivity index (χ0n) is 17.6. The van der Waals surface area contributed by atoms with Crippen molar-refractivity contribution in [1.29, 1.82) is 0 Å². The lowest BCUT2D eigenvalue weighted by molar-refractivity contribution is 0.413. The van der Waals surface area contributed by atoms with Crippen molar-refractivity contribution >= 4 is 46.0 Å². The van der Waals surface area contributed by atoms with Gasteiger partial charge in [-0.2, -0.15) is 0 Å². The Morgan fingerprint density at radius 2 is 1.64 bits per heavy atom. The Labute approximate surface area is 206 Å². The van der Waals surface area contributed by atoms with E-state index in [-0.39, 0.29) is 12.1 Å². The van der Waals surface area contributed by atoms with E-state index in [1.807, 2.05) is 72.8 Å². The predicted octanol–water partition coefficient (Wildman–Crippen LogP) is 6.77. The van der Waals surface area contributed by atoms with Crippen LogP contribution in [0.4, 0.5) is 5.69 Å². The lowest BCUT2D eigenvalue weighted by Crippen LogP contribution is -2.28. The van der Waals surface area contributed by atoms with E-state index >= 15 is 0 Å². The van der Waals surface area contributed by atoms with Gasteiger partial charge in [0.1, 0.15) is 17.2 Å². The molecule has 0 aliphatic carbocycles. The normalized spacial score (nSPS) is 17.6. The highest BCUT2D eigenvalue weighted by Gasteiger charge is 2.41. The highest BCUT2D eigenvalue weighted by molar-refractivity contribution is 7.80. The molecule has 1 aliphatic heterocycles. The van der Waals surface area contributed by atoms with Gasteiger partial charge in [-0.05, 0) is 85.0 Å². The summed E-state index contributed by atoms with van der Waals surface area (Å²) >= 11 is 13.6. The topological polar surface area (TPSA) is 46.6 Å². The van der Waals surface area contributed by atoms with Crippen molar-refractivity contribution in [3.63, 3.8) is 0 Å². The van der Waals surface area contributed by atoms with Gasteiger partial charge in [-0.3, -0.25) is 4.98 Å². The maximum Gasteiger partial charge on any atom is 0.174 e. The van der Waals surface area contributed by atoms with E-state index in [9.17, 15) is 0 Å². The van der Waals surface area contributed by atoms with Crippen LogP contribution in [-0.2, 0) is 0 Å². The Kier molecular flexibility index (Phi) is 6.17. The summed E-state index contributed by atoms with van der Waals surface area (Å²) in [5.74, 6) is 2.26. The third-order valence-electron chi connectivity index (χ3n) is 5.39. The van der Waals surface area contributed by atoms with Crippen LogP contribution in [0.2, 0.25) is 4.34 Å². The number of nitrogens with one attached hydrogen (secondary N) is 1. The number of nitrogens with zero attached hydrogens (tertiary/aromatic N) is 2. The molecule has 1 N–H and O–H groups in total. The molecule has 4 aromatic rings. The van der Waals surface area contributed by atoms with Crippen molar-refractivity contribution < 1.29 is 9.47 Å². The fourth-order valence-corrected chi connectivity index (χ4v) is 5.40. The zero-order chi connectivity index (χ0) is 22.8. The summed E-state index contributed by atoms with van der Waals surface area (Å²) in [6, 6.07) is 25.1. The highest BCUT2D eigenvalue weighted by atomic mass is 35.5. The molecule has 0 spiro atoms. The zero-order valence-corrected chi connectivity index (χ0v) is 20.0. The Morgan fingerprint density at radius 3 is 2.24 bits per heavy atom. The number of hydrogen-bond donors (Lipinski definition) is 1. The summed E-state index contributed by atoms with van der Waals surface area (Å²) in [6.45, 7) is 0. The van der Waals surface area contributed by atoms with E-state index in [2.05, 4.69) is 21.3 Å². The van der Waals surface area contributed by atoms with E-state index in [0.717, 1.165) is 37.8 Å². The van der Waals surface area contributed by atoms with E-state index in [4.69, 9.17) is 33.3 Å². The SMILES string of the molecule is COc1ccc(Oc2ccc(N3C(=S)N[C@H](c4ccccn4)[C@H]3c3ccc(Cl)s3)cc2)cc1. The number of halogens is 1. The monoisotopic (exact) mass is 493 g/mol. The molecule has 2 aromatic heterocycles. The lowest BCUT2D eigenvalue weighted by atomic mass is 10.0. The quantitative estimate of drug-likeness (QED) is 0.299. The number of ether oxygens (including phenoxy) is 2. The van der Waals surface area contributed by atoms with Crippen LogP contribution in [0.3, 0.4) is 0 Å². The minimum Gasteiger partial charge on any atom is -0.497 e. The van der Waals surface area contributed by atoms with Gasteiger partial charge in [-0.15, -0.1) is 11.3 Å². The summed E-state index contributed by atoms with van der Waals surface area (Å²) in [4.78, 5) is 7.80. The molecular formula is C25H20ClN3O2S2. The minimum absolute atomic E-state index is 0.0711. The summed E-state index contributed by atoms with van der Waals surface area (Å²) < 4.78 is 11.9. The lowest BCUT2D eigenvalue weighted by Gasteiger charge is -2.27. The first-order valence-electron chi connectivity index (χ1n) is 10.3. The average molecular weight is 494 g/mol. The Bertz CT molecular complexity index is 1250. The third-order valence-corrected chi connectivity index (χ3v) is 7.01. The van der Waals surface area contributed by atoms with Gasteiger partial charge >= 0.3 is 0 Å². The Morgan fingerprint density at radius 1 is 0.939 bits per heavy atom. The number of methoxy groups -OCH3 is 1. The van der Waals surface area contributed by atoms with Crippen molar-refractivity contribution in [1.82, 2.24) is 10.3 Å². The molecule has 1 aliphatic rings. The van der Waals surface area contributed by atoms with Gasteiger partial charge in [0, 0.05) is 16.8 Å². The fraction of sp³-hybridized carbons (Fsp3) is 0.120. The van der Waals surface area contributed by atoms with Gasteiger partial charge in [0.15, 0.2) is 5.11 Å². The number of pyridine rings is 1. The van der Waals surface area contributed by atoms with E-state index < -0.39 is 0 Å². The van der Waals surface area contributed by atoms with E-state index in [0.29, 0.717) is 5.11 Å². The van der Waals surface area contributed by atoms with Crippen LogP contribution in [0, 0.1) is 0 Å². The number of hydrogen-bond acceptors (Lipinski definition) is 5. The molecule has 5 nitrogen and oxygen atoms in total. The molecule has 33 heavy (non-hydrogen) atoms. The second-order valence-corrected chi connectivity index (χ2v) is 9.54. The summed E-state index contributed by atoms with van der Waals surface area (Å²) in [5.41, 5.74) is 1.89. The molecule has 0 bridgehead atoms. The van der Waals surface area contributed by atoms with Gasteiger partial charge in [0.05, 0.1) is 29.2 Å². The van der Waals surface area contributed by atoms with Gasteiger partial charge in [0.25, 0.3) is 0 Å². The maximum atomic E-state index is 6.29. The van der Waals surface area contributed by atoms with Crippen LogP contribution in [-0.4, -0.2) is 17.2 Å². The van der Waals surface area contributed by atoms with Gasteiger partial charge < -0.3 is 19.7 Å². The van der Waals surface area contributed by atoms with Crippen molar-refractivity contribution in [2.24, 2.45) is 0 Å². The smallest absolute Gasteiger partial charge is 0.174 e. The van der Waals surface area contributed by atoms with Crippen LogP contribution in [0.25, 0.3) is 0 Å². The molecular weight excluding hydrogens is 474 g/mol. The third kappa shape index (κ3) is 4.53. The first kappa shape index (κ1) is 21.7. The molecule has 2 aromatic carbocycles. The number of aromatic nitrogens is 1. The first-order chi connectivity index (χ1) is 16.1. The van der Waals surface area contributed by atoms with E-state index in [1.54, 1.807) is 24.6 Å². The molecule has 166 valence electrons. The number of rotatable bonds is 6. The van der Waals surface area contributed by atoms with Crippen LogP contribution in [0.5, 0.6) is 17.2 Å². The van der Waals surface area contributed by atoms with Gasteiger partial charge in [-0.1, -0.05) is 17.7 Å². The largest absolute Gasteiger partial charge is 0.497 e. The highest BCUT2D eigenvalue weighted by Crippen LogP contribution is 2.44. The number of thiocarbonyl (C=S) groups is 1. The molecule has 1 saturated heterocycles. The molecule has 0 amide bonds. The molecule has 0 unspecified atom stereocenters. The van der Waals surface area contributed by atoms with Crippen molar-refractivity contribution in [2.75, 3.05) is 12.0 Å². The molecule has 0 saturated carbocycles. The van der Waals surface area contributed by atoms with Gasteiger partial charge in [0.2, 0.25) is 0 Å². The van der Waals surface area contributed by atoms with Crippen LogP contribution >= 0.6 is 35.2 Å². The van der Waals surface area contributed by atoms with E-state index in [1.165, 1.54) is 0 Å². The fourth-order valence-electron chi connectivity index (χ4n) is 3.86. The average Bonchev–Trinajstić information content (AvgIpc) is 3.43. The number of anilines is 1.